The summed E-state index contributed by atoms with van der Waals surface area (Å²) >= 11 is 6.12. The number of carbonyl (C=O) groups is 1. The number of nitrogens with zero attached hydrogens (tertiary/aromatic N) is 3. The van der Waals surface area contributed by atoms with Crippen LogP contribution >= 0.6 is 11.6 Å². The van der Waals surface area contributed by atoms with Crippen molar-refractivity contribution in [2.75, 3.05) is 32.8 Å². The molecule has 2 aromatic heterocycles. The smallest absolute Gasteiger partial charge is 0.409 e. The highest BCUT2D eigenvalue weighted by atomic mass is 35.5. The third-order valence-electron chi connectivity index (χ3n) is 6.08. The maximum atomic E-state index is 13.7. The lowest BCUT2D eigenvalue weighted by Gasteiger charge is -2.39. The summed E-state index contributed by atoms with van der Waals surface area (Å²) in [5.74, 6) is 0.582. The summed E-state index contributed by atoms with van der Waals surface area (Å²) in [7, 11) is 0. The van der Waals surface area contributed by atoms with Crippen molar-refractivity contribution in [2.24, 2.45) is 0 Å². The molecule has 0 unspecified atom stereocenters. The highest BCUT2D eigenvalue weighted by molar-refractivity contribution is 6.30. The van der Waals surface area contributed by atoms with E-state index in [0.29, 0.717) is 49.3 Å². The van der Waals surface area contributed by atoms with E-state index in [1.165, 1.54) is 0 Å². The molecule has 1 atom stereocenters. The fraction of sp³-hybridized carbons (Fsp3) is 0.360. The fourth-order valence-electron chi connectivity index (χ4n) is 4.36. The number of halogens is 1. The van der Waals surface area contributed by atoms with Crippen molar-refractivity contribution >= 4 is 17.7 Å². The third kappa shape index (κ3) is 4.98. The van der Waals surface area contributed by atoms with Crippen LogP contribution in [0.1, 0.15) is 35.5 Å². The van der Waals surface area contributed by atoms with Crippen LogP contribution in [-0.2, 0) is 11.3 Å². The predicted octanol–water partition coefficient (Wildman–Crippen LogP) is 4.02. The van der Waals surface area contributed by atoms with Crippen molar-refractivity contribution in [3.63, 3.8) is 0 Å². The van der Waals surface area contributed by atoms with Crippen molar-refractivity contribution < 1.29 is 19.1 Å². The van der Waals surface area contributed by atoms with Gasteiger partial charge in [0.05, 0.1) is 31.0 Å². The van der Waals surface area contributed by atoms with Gasteiger partial charge in [0.15, 0.2) is 0 Å². The van der Waals surface area contributed by atoms with E-state index in [-0.39, 0.29) is 29.5 Å². The van der Waals surface area contributed by atoms with E-state index in [9.17, 15) is 14.7 Å². The molecule has 0 saturated carbocycles. The molecule has 9 heteroatoms. The number of aryl methyl sites for hydroxylation is 1. The van der Waals surface area contributed by atoms with Crippen LogP contribution in [0.3, 0.4) is 0 Å². The van der Waals surface area contributed by atoms with Gasteiger partial charge in [-0.25, -0.2) is 4.79 Å². The average molecular weight is 486 g/mol. The summed E-state index contributed by atoms with van der Waals surface area (Å²) in [4.78, 5) is 29.7. The summed E-state index contributed by atoms with van der Waals surface area (Å²) in [5.41, 5.74) is 1.45. The normalized spacial score (nSPS) is 15.3. The molecular weight excluding hydrogens is 458 g/mol. The Hall–Kier alpha value is -3.23. The van der Waals surface area contributed by atoms with Gasteiger partial charge < -0.3 is 23.7 Å². The fourth-order valence-corrected chi connectivity index (χ4v) is 4.49. The second-order valence-corrected chi connectivity index (χ2v) is 8.67. The van der Waals surface area contributed by atoms with Crippen LogP contribution in [0.5, 0.6) is 5.75 Å². The largest absolute Gasteiger partial charge is 0.507 e. The minimum Gasteiger partial charge on any atom is -0.507 e. The molecule has 34 heavy (non-hydrogen) atoms. The highest BCUT2D eigenvalue weighted by Crippen LogP contribution is 2.34. The molecule has 1 aliphatic heterocycles. The monoisotopic (exact) mass is 485 g/mol. The number of pyridine rings is 1. The Labute approximate surface area is 202 Å². The van der Waals surface area contributed by atoms with Crippen LogP contribution < -0.4 is 5.56 Å². The number of benzene rings is 1. The zero-order chi connectivity index (χ0) is 24.2. The van der Waals surface area contributed by atoms with E-state index < -0.39 is 6.04 Å². The second kappa shape index (κ2) is 10.4. The van der Waals surface area contributed by atoms with Gasteiger partial charge in [0, 0.05) is 36.9 Å². The number of carbonyl (C=O) groups excluding carboxylic acids is 1. The van der Waals surface area contributed by atoms with Crippen molar-refractivity contribution in [2.45, 2.75) is 26.4 Å². The summed E-state index contributed by atoms with van der Waals surface area (Å²) in [6.07, 6.45) is 1.22. The van der Waals surface area contributed by atoms with Crippen molar-refractivity contribution in [3.8, 4) is 5.75 Å². The molecule has 8 nitrogen and oxygen atoms in total. The van der Waals surface area contributed by atoms with Gasteiger partial charge in [-0.2, -0.15) is 0 Å². The summed E-state index contributed by atoms with van der Waals surface area (Å²) in [5, 5.41) is 11.6. The number of hydrogen-bond acceptors (Lipinski definition) is 6. The molecule has 0 radical (unpaired) electrons. The van der Waals surface area contributed by atoms with Crippen LogP contribution in [0.25, 0.3) is 0 Å². The SMILES string of the molecule is CCOC(=O)N1CCN([C@@H](c2ccc(Cl)cc2)c2c(O)cc(C)n(Cc3ccco3)c2=O)CC1. The van der Waals surface area contributed by atoms with E-state index in [0.717, 1.165) is 5.56 Å². The van der Waals surface area contributed by atoms with E-state index >= 15 is 0 Å². The van der Waals surface area contributed by atoms with Gasteiger partial charge in [-0.1, -0.05) is 23.7 Å². The van der Waals surface area contributed by atoms with Crippen LogP contribution in [0.4, 0.5) is 4.79 Å². The van der Waals surface area contributed by atoms with Gasteiger partial charge >= 0.3 is 6.09 Å². The minimum atomic E-state index is -0.516. The van der Waals surface area contributed by atoms with Crippen LogP contribution in [-0.4, -0.2) is 58.4 Å². The van der Waals surface area contributed by atoms with Gasteiger partial charge in [0.25, 0.3) is 5.56 Å². The van der Waals surface area contributed by atoms with Gasteiger partial charge in [-0.05, 0) is 49.7 Å². The summed E-state index contributed by atoms with van der Waals surface area (Å²) < 4.78 is 12.2. The van der Waals surface area contributed by atoms with E-state index in [2.05, 4.69) is 4.90 Å². The Morgan fingerprint density at radius 2 is 1.88 bits per heavy atom. The lowest BCUT2D eigenvalue weighted by atomic mass is 9.96. The molecule has 1 fully saturated rings. The Morgan fingerprint density at radius 1 is 1.18 bits per heavy atom. The average Bonchev–Trinajstić information content (AvgIpc) is 3.34. The molecule has 3 heterocycles. The molecule has 4 rings (SSSR count). The van der Waals surface area contributed by atoms with Crippen molar-refractivity contribution in [1.29, 1.82) is 0 Å². The number of ether oxygens (including phenoxy) is 1. The molecule has 3 aromatic rings. The number of aromatic nitrogens is 1. The Kier molecular flexibility index (Phi) is 7.29. The number of amides is 1. The minimum absolute atomic E-state index is 0.0639. The molecule has 1 saturated heterocycles. The first-order chi connectivity index (χ1) is 16.4. The first-order valence-electron chi connectivity index (χ1n) is 11.3. The molecule has 0 bridgehead atoms. The quantitative estimate of drug-likeness (QED) is 0.567. The molecule has 0 aliphatic carbocycles. The molecule has 0 spiro atoms. The van der Waals surface area contributed by atoms with Gasteiger partial charge in [0.1, 0.15) is 11.5 Å². The maximum Gasteiger partial charge on any atom is 0.409 e. The first-order valence-corrected chi connectivity index (χ1v) is 11.6. The Morgan fingerprint density at radius 3 is 2.50 bits per heavy atom. The second-order valence-electron chi connectivity index (χ2n) is 8.23. The zero-order valence-corrected chi connectivity index (χ0v) is 20.0. The van der Waals surface area contributed by atoms with Crippen molar-refractivity contribution in [1.82, 2.24) is 14.4 Å². The van der Waals surface area contributed by atoms with Gasteiger partial charge in [-0.3, -0.25) is 9.69 Å². The predicted molar refractivity (Wildman–Crippen MR) is 128 cm³/mol. The highest BCUT2D eigenvalue weighted by Gasteiger charge is 2.32. The molecular formula is C25H28ClN3O5. The molecule has 180 valence electrons. The van der Waals surface area contributed by atoms with Crippen molar-refractivity contribution in [3.05, 3.63) is 86.7 Å². The molecule has 1 amide bonds. The van der Waals surface area contributed by atoms with Gasteiger partial charge in [0.2, 0.25) is 0 Å². The third-order valence-corrected chi connectivity index (χ3v) is 6.33. The molecule has 1 N–H and O–H groups in total. The van der Waals surface area contributed by atoms with E-state index in [1.807, 2.05) is 18.2 Å². The number of rotatable bonds is 6. The maximum absolute atomic E-state index is 13.7. The standard InChI is InChI=1S/C25H28ClN3O5/c1-3-33-25(32)28-12-10-27(11-13-28)23(18-6-8-19(26)9-7-18)22-21(30)15-17(2)29(24(22)31)16-20-5-4-14-34-20/h4-9,14-15,23,30H,3,10-13,16H2,1-2H3/t23-/m0/s1. The molecule has 1 aromatic carbocycles. The van der Waals surface area contributed by atoms with Crippen LogP contribution in [0, 0.1) is 6.92 Å². The Bertz CT molecular complexity index is 1180. The zero-order valence-electron chi connectivity index (χ0n) is 19.2. The number of piperazine rings is 1. The topological polar surface area (TPSA) is 88.2 Å². The number of aromatic hydroxyl groups is 1. The lowest BCUT2D eigenvalue weighted by Crippen LogP contribution is -2.50. The van der Waals surface area contributed by atoms with Crippen LogP contribution in [0.15, 0.2) is 57.9 Å². The van der Waals surface area contributed by atoms with Gasteiger partial charge in [-0.15, -0.1) is 0 Å². The molecule has 1 aliphatic rings. The first kappa shape index (κ1) is 23.9. The lowest BCUT2D eigenvalue weighted by molar-refractivity contribution is 0.0709. The number of furan rings is 1. The van der Waals surface area contributed by atoms with E-state index in [1.54, 1.807) is 53.8 Å². The summed E-state index contributed by atoms with van der Waals surface area (Å²) in [6.45, 7) is 6.07. The number of hydrogen-bond donors (Lipinski definition) is 1. The van der Waals surface area contributed by atoms with E-state index in [4.69, 9.17) is 20.8 Å². The van der Waals surface area contributed by atoms with Crippen LogP contribution in [0.2, 0.25) is 5.02 Å². The summed E-state index contributed by atoms with van der Waals surface area (Å²) in [6, 6.07) is 11.9. The Balaban J connectivity index is 1.74.